The number of halogens is 1. The second kappa shape index (κ2) is 9.79. The summed E-state index contributed by atoms with van der Waals surface area (Å²) in [5, 5.41) is 6.39. The third kappa shape index (κ3) is 4.70. The van der Waals surface area contributed by atoms with Crippen LogP contribution in [0.15, 0.2) is 70.4 Å². The van der Waals surface area contributed by atoms with Crippen LogP contribution in [0, 0.1) is 0 Å². The number of carbonyl (C=O) groups is 2. The molecule has 1 aromatic heterocycles. The molecule has 1 unspecified atom stereocenters. The number of ether oxygens (including phenoxy) is 3. The van der Waals surface area contributed by atoms with Crippen molar-refractivity contribution in [2.24, 2.45) is 5.10 Å². The van der Waals surface area contributed by atoms with Gasteiger partial charge in [-0.25, -0.2) is 9.80 Å². The van der Waals surface area contributed by atoms with E-state index in [1.54, 1.807) is 42.5 Å². The summed E-state index contributed by atoms with van der Waals surface area (Å²) in [5.41, 5.74) is 1.63. The number of hydrogen-bond acceptors (Lipinski definition) is 7. The smallest absolute Gasteiger partial charge is 0.346 e. The Labute approximate surface area is 195 Å². The van der Waals surface area contributed by atoms with E-state index in [1.807, 2.05) is 12.1 Å². The van der Waals surface area contributed by atoms with E-state index in [2.05, 4.69) is 5.10 Å². The lowest BCUT2D eigenvalue weighted by Crippen LogP contribution is -2.31. The molecule has 1 aliphatic heterocycles. The Morgan fingerprint density at radius 1 is 1.06 bits per heavy atom. The number of benzene rings is 2. The third-order valence-corrected chi connectivity index (χ3v) is 5.43. The molecule has 8 nitrogen and oxygen atoms in total. The minimum atomic E-state index is -0.742. The van der Waals surface area contributed by atoms with Gasteiger partial charge >= 0.3 is 5.97 Å². The molecule has 9 heteroatoms. The molecule has 0 spiro atoms. The second-order valence-electron chi connectivity index (χ2n) is 7.14. The molecular formula is C24H21ClN2O6. The minimum absolute atomic E-state index is 0.102. The lowest BCUT2D eigenvalue weighted by molar-refractivity contribution is -0.136. The zero-order valence-electron chi connectivity index (χ0n) is 18.0. The Bertz CT molecular complexity index is 1150. The predicted octanol–water partition coefficient (Wildman–Crippen LogP) is 4.48. The zero-order valence-corrected chi connectivity index (χ0v) is 18.7. The molecule has 1 aliphatic rings. The molecule has 0 N–H and O–H groups in total. The summed E-state index contributed by atoms with van der Waals surface area (Å²) in [6.45, 7) is -0.519. The van der Waals surface area contributed by atoms with Gasteiger partial charge in [-0.1, -0.05) is 29.8 Å². The standard InChI is InChI=1S/C24H21ClN2O6/c1-30-20-5-3-6-21(31-2)23(20)24(29)33-14-22(28)27-18(19-7-4-12-32-19)13-17(26-27)15-8-10-16(25)11-9-15/h3-12,18H,13-14H2,1-2H3. The van der Waals surface area contributed by atoms with Crippen molar-refractivity contribution in [3.63, 3.8) is 0 Å². The van der Waals surface area contributed by atoms with Gasteiger partial charge in [0.2, 0.25) is 0 Å². The van der Waals surface area contributed by atoms with Gasteiger partial charge < -0.3 is 18.6 Å². The molecule has 0 radical (unpaired) electrons. The molecule has 1 amide bonds. The van der Waals surface area contributed by atoms with E-state index in [0.717, 1.165) is 5.56 Å². The van der Waals surface area contributed by atoms with Crippen molar-refractivity contribution in [1.29, 1.82) is 0 Å². The maximum Gasteiger partial charge on any atom is 0.346 e. The molecule has 33 heavy (non-hydrogen) atoms. The molecule has 170 valence electrons. The molecule has 2 heterocycles. The summed E-state index contributed by atoms with van der Waals surface area (Å²) in [4.78, 5) is 25.8. The van der Waals surface area contributed by atoms with E-state index in [9.17, 15) is 9.59 Å². The lowest BCUT2D eigenvalue weighted by Gasteiger charge is -2.20. The summed E-state index contributed by atoms with van der Waals surface area (Å²) < 4.78 is 21.3. The van der Waals surface area contributed by atoms with Gasteiger partial charge in [0.15, 0.2) is 6.61 Å². The number of hydrazone groups is 1. The Kier molecular flexibility index (Phi) is 6.65. The molecule has 0 saturated heterocycles. The van der Waals surface area contributed by atoms with Crippen molar-refractivity contribution in [1.82, 2.24) is 5.01 Å². The van der Waals surface area contributed by atoms with Crippen molar-refractivity contribution in [2.45, 2.75) is 12.5 Å². The first-order valence-electron chi connectivity index (χ1n) is 10.1. The molecule has 3 aromatic rings. The molecule has 0 bridgehead atoms. The van der Waals surface area contributed by atoms with Crippen LogP contribution in [0.4, 0.5) is 0 Å². The van der Waals surface area contributed by atoms with E-state index < -0.39 is 24.5 Å². The summed E-state index contributed by atoms with van der Waals surface area (Å²) in [6.07, 6.45) is 1.97. The molecule has 2 aromatic carbocycles. The maximum absolute atomic E-state index is 13.0. The largest absolute Gasteiger partial charge is 0.496 e. The molecule has 1 atom stereocenters. The highest BCUT2D eigenvalue weighted by Gasteiger charge is 2.35. The van der Waals surface area contributed by atoms with Crippen molar-refractivity contribution < 1.29 is 28.2 Å². The first-order valence-corrected chi connectivity index (χ1v) is 10.5. The lowest BCUT2D eigenvalue weighted by atomic mass is 10.0. The van der Waals surface area contributed by atoms with Crippen LogP contribution in [0.25, 0.3) is 0 Å². The normalized spacial score (nSPS) is 15.2. The van der Waals surface area contributed by atoms with E-state index >= 15 is 0 Å². The topological polar surface area (TPSA) is 90.6 Å². The van der Waals surface area contributed by atoms with Crippen LogP contribution >= 0.6 is 11.6 Å². The Morgan fingerprint density at radius 3 is 2.36 bits per heavy atom. The molecule has 0 fully saturated rings. The van der Waals surface area contributed by atoms with Gasteiger partial charge in [0.25, 0.3) is 5.91 Å². The van der Waals surface area contributed by atoms with Gasteiger partial charge in [0, 0.05) is 11.4 Å². The monoisotopic (exact) mass is 468 g/mol. The fraction of sp³-hybridized carbons (Fsp3) is 0.208. The molecular weight excluding hydrogens is 448 g/mol. The highest BCUT2D eigenvalue weighted by molar-refractivity contribution is 6.30. The number of rotatable bonds is 7. The Hall–Kier alpha value is -3.78. The second-order valence-corrected chi connectivity index (χ2v) is 7.58. The minimum Gasteiger partial charge on any atom is -0.496 e. The number of methoxy groups -OCH3 is 2. The quantitative estimate of drug-likeness (QED) is 0.475. The number of nitrogens with zero attached hydrogens (tertiary/aromatic N) is 2. The van der Waals surface area contributed by atoms with E-state index in [0.29, 0.717) is 22.9 Å². The fourth-order valence-corrected chi connectivity index (χ4v) is 3.70. The molecule has 4 rings (SSSR count). The predicted molar refractivity (Wildman–Crippen MR) is 121 cm³/mol. The van der Waals surface area contributed by atoms with Gasteiger partial charge in [-0.3, -0.25) is 4.79 Å². The summed E-state index contributed by atoms with van der Waals surface area (Å²) >= 11 is 5.99. The third-order valence-electron chi connectivity index (χ3n) is 5.17. The van der Waals surface area contributed by atoms with Crippen LogP contribution in [0.5, 0.6) is 11.5 Å². The highest BCUT2D eigenvalue weighted by Crippen LogP contribution is 2.34. The zero-order chi connectivity index (χ0) is 23.4. The summed E-state index contributed by atoms with van der Waals surface area (Å²) in [7, 11) is 2.86. The average molecular weight is 469 g/mol. The summed E-state index contributed by atoms with van der Waals surface area (Å²) in [6, 6.07) is 15.1. The van der Waals surface area contributed by atoms with Gasteiger partial charge in [0.05, 0.1) is 26.2 Å². The van der Waals surface area contributed by atoms with Crippen LogP contribution in [0.3, 0.4) is 0 Å². The Morgan fingerprint density at radius 2 is 1.76 bits per heavy atom. The molecule has 0 saturated carbocycles. The number of esters is 1. The van der Waals surface area contributed by atoms with E-state index in [4.69, 9.17) is 30.2 Å². The van der Waals surface area contributed by atoms with Crippen molar-refractivity contribution in [2.75, 3.05) is 20.8 Å². The number of hydrogen-bond donors (Lipinski definition) is 0. The summed E-state index contributed by atoms with van der Waals surface area (Å²) in [5.74, 6) is -0.0985. The van der Waals surface area contributed by atoms with Gasteiger partial charge in [-0.15, -0.1) is 0 Å². The van der Waals surface area contributed by atoms with Gasteiger partial charge in [-0.2, -0.15) is 5.10 Å². The van der Waals surface area contributed by atoms with Gasteiger partial charge in [0.1, 0.15) is 28.9 Å². The van der Waals surface area contributed by atoms with E-state index in [1.165, 1.54) is 25.5 Å². The number of amides is 1. The Balaban J connectivity index is 1.54. The average Bonchev–Trinajstić information content (AvgIpc) is 3.52. The van der Waals surface area contributed by atoms with Gasteiger partial charge in [-0.05, 0) is 42.0 Å². The van der Waals surface area contributed by atoms with Crippen LogP contribution < -0.4 is 9.47 Å². The van der Waals surface area contributed by atoms with E-state index in [-0.39, 0.29) is 17.1 Å². The van der Waals surface area contributed by atoms with Crippen LogP contribution in [-0.2, 0) is 9.53 Å². The van der Waals surface area contributed by atoms with Crippen molar-refractivity contribution in [3.05, 3.63) is 82.8 Å². The first-order chi connectivity index (χ1) is 16.0. The van der Waals surface area contributed by atoms with Crippen LogP contribution in [0.2, 0.25) is 5.02 Å². The van der Waals surface area contributed by atoms with Crippen LogP contribution in [-0.4, -0.2) is 43.4 Å². The number of carbonyl (C=O) groups excluding carboxylic acids is 2. The fourth-order valence-electron chi connectivity index (χ4n) is 3.58. The first kappa shape index (κ1) is 22.4. The number of furan rings is 1. The molecule has 0 aliphatic carbocycles. The van der Waals surface area contributed by atoms with Crippen LogP contribution in [0.1, 0.15) is 34.1 Å². The SMILES string of the molecule is COc1cccc(OC)c1C(=O)OCC(=O)N1N=C(c2ccc(Cl)cc2)CC1c1ccco1. The maximum atomic E-state index is 13.0. The van der Waals surface area contributed by atoms with Crippen molar-refractivity contribution >= 4 is 29.2 Å². The highest BCUT2D eigenvalue weighted by atomic mass is 35.5. The van der Waals surface area contributed by atoms with Crippen molar-refractivity contribution in [3.8, 4) is 11.5 Å².